The van der Waals surface area contributed by atoms with Gasteiger partial charge in [0.05, 0.1) is 13.0 Å². The maximum Gasteiger partial charge on any atom is 0.309 e. The predicted molar refractivity (Wildman–Crippen MR) is 83.7 cm³/mol. The van der Waals surface area contributed by atoms with E-state index < -0.39 is 0 Å². The van der Waals surface area contributed by atoms with Gasteiger partial charge in [-0.2, -0.15) is 0 Å². The van der Waals surface area contributed by atoms with Crippen LogP contribution in [0, 0.1) is 11.8 Å². The quantitative estimate of drug-likeness (QED) is 0.793. The molecule has 3 rings (SSSR count). The molecular formula is C19H18O2. The Morgan fingerprint density at radius 3 is 2.24 bits per heavy atom. The topological polar surface area (TPSA) is 26.3 Å². The summed E-state index contributed by atoms with van der Waals surface area (Å²) in [5, 5.41) is 0. The fraction of sp³-hybridized carbons (Fsp3) is 0.211. The van der Waals surface area contributed by atoms with Crippen LogP contribution in [0.5, 0.6) is 0 Å². The largest absolute Gasteiger partial charge is 0.469 e. The van der Waals surface area contributed by atoms with Crippen LogP contribution < -0.4 is 0 Å². The summed E-state index contributed by atoms with van der Waals surface area (Å²) < 4.78 is 4.94. The number of esters is 1. The van der Waals surface area contributed by atoms with Crippen molar-refractivity contribution in [2.45, 2.75) is 5.92 Å². The van der Waals surface area contributed by atoms with Crippen LogP contribution in [0.2, 0.25) is 0 Å². The summed E-state index contributed by atoms with van der Waals surface area (Å²) in [6.07, 6.45) is 4.22. The Balaban J connectivity index is 1.80. The lowest BCUT2D eigenvalue weighted by Gasteiger charge is -1.98. The summed E-state index contributed by atoms with van der Waals surface area (Å²) in [5.41, 5.74) is 2.36. The summed E-state index contributed by atoms with van der Waals surface area (Å²) >= 11 is 0. The van der Waals surface area contributed by atoms with Gasteiger partial charge in [-0.05, 0) is 17.0 Å². The Hall–Kier alpha value is -2.35. The van der Waals surface area contributed by atoms with Crippen molar-refractivity contribution in [3.63, 3.8) is 0 Å². The molecule has 0 amide bonds. The van der Waals surface area contributed by atoms with Crippen molar-refractivity contribution in [1.29, 1.82) is 0 Å². The lowest BCUT2D eigenvalue weighted by atomic mass is 10.1. The maximum atomic E-state index is 11.9. The minimum atomic E-state index is -0.119. The van der Waals surface area contributed by atoms with Gasteiger partial charge in [0, 0.05) is 5.92 Å². The van der Waals surface area contributed by atoms with Gasteiger partial charge in [0.25, 0.3) is 0 Å². The van der Waals surface area contributed by atoms with E-state index in [9.17, 15) is 4.79 Å². The molecule has 0 bridgehead atoms. The van der Waals surface area contributed by atoms with Gasteiger partial charge < -0.3 is 4.74 Å². The molecule has 2 heteroatoms. The summed E-state index contributed by atoms with van der Waals surface area (Å²) in [6, 6.07) is 20.3. The number of hydrogen-bond donors (Lipinski definition) is 0. The molecule has 0 aliphatic heterocycles. The van der Waals surface area contributed by atoms with Gasteiger partial charge in [-0.25, -0.2) is 0 Å². The minimum Gasteiger partial charge on any atom is -0.469 e. The van der Waals surface area contributed by atoms with Crippen molar-refractivity contribution >= 4 is 12.0 Å². The van der Waals surface area contributed by atoms with Crippen molar-refractivity contribution < 1.29 is 9.53 Å². The van der Waals surface area contributed by atoms with E-state index in [0.29, 0.717) is 0 Å². The normalized spacial score (nSPS) is 24.0. The zero-order valence-electron chi connectivity index (χ0n) is 12.0. The van der Waals surface area contributed by atoms with E-state index in [2.05, 4.69) is 36.4 Å². The first kappa shape index (κ1) is 13.6. The molecule has 0 heterocycles. The molecule has 0 unspecified atom stereocenters. The Morgan fingerprint density at radius 2 is 1.62 bits per heavy atom. The molecule has 2 nitrogen and oxygen atoms in total. The first-order chi connectivity index (χ1) is 10.3. The molecule has 3 atom stereocenters. The number of hydrogen-bond acceptors (Lipinski definition) is 2. The first-order valence-corrected chi connectivity index (χ1v) is 7.17. The smallest absolute Gasteiger partial charge is 0.309 e. The van der Waals surface area contributed by atoms with Crippen molar-refractivity contribution in [1.82, 2.24) is 0 Å². The first-order valence-electron chi connectivity index (χ1n) is 7.17. The molecule has 0 N–H and O–H groups in total. The number of ether oxygens (including phenoxy) is 1. The summed E-state index contributed by atoms with van der Waals surface area (Å²) in [5.74, 6) is 0.280. The highest BCUT2D eigenvalue weighted by molar-refractivity contribution is 5.79. The average Bonchev–Trinajstić information content (AvgIpc) is 3.28. The molecule has 1 fully saturated rings. The molecule has 0 aromatic heterocycles. The highest BCUT2D eigenvalue weighted by atomic mass is 16.5. The SMILES string of the molecule is COC(=O)[C@H]1[C@H](/C=C/c2ccccc2)[C@@H]1c1ccccc1. The van der Waals surface area contributed by atoms with Crippen LogP contribution in [-0.4, -0.2) is 13.1 Å². The van der Waals surface area contributed by atoms with E-state index >= 15 is 0 Å². The molecule has 1 aliphatic carbocycles. The standard InChI is InChI=1S/C19H18O2/c1-21-19(20)18-16(13-12-14-8-4-2-5-9-14)17(18)15-10-6-3-7-11-15/h2-13,16-18H,1H3/b13-12+/t16-,17+,18+/m1/s1. The van der Waals surface area contributed by atoms with Crippen LogP contribution in [0.4, 0.5) is 0 Å². The second-order valence-electron chi connectivity index (χ2n) is 5.33. The zero-order valence-corrected chi connectivity index (χ0v) is 12.0. The maximum absolute atomic E-state index is 11.9. The van der Waals surface area contributed by atoms with Crippen molar-refractivity contribution in [2.24, 2.45) is 11.8 Å². The van der Waals surface area contributed by atoms with Gasteiger partial charge in [-0.3, -0.25) is 4.79 Å². The van der Waals surface area contributed by atoms with Crippen molar-refractivity contribution in [3.8, 4) is 0 Å². The Kier molecular flexibility index (Phi) is 3.87. The summed E-state index contributed by atoms with van der Waals surface area (Å²) in [6.45, 7) is 0. The van der Waals surface area contributed by atoms with Crippen molar-refractivity contribution in [2.75, 3.05) is 7.11 Å². The van der Waals surface area contributed by atoms with E-state index in [0.717, 1.165) is 5.56 Å². The van der Waals surface area contributed by atoms with Gasteiger partial charge in [0.2, 0.25) is 0 Å². The average molecular weight is 278 g/mol. The van der Waals surface area contributed by atoms with Crippen molar-refractivity contribution in [3.05, 3.63) is 77.9 Å². The number of rotatable bonds is 4. The number of allylic oxidation sites excluding steroid dienone is 1. The van der Waals surface area contributed by atoms with Gasteiger partial charge in [-0.15, -0.1) is 0 Å². The molecule has 2 aromatic rings. The molecular weight excluding hydrogens is 260 g/mol. The van der Waals surface area contributed by atoms with Gasteiger partial charge in [0.1, 0.15) is 0 Å². The predicted octanol–water partition coefficient (Wildman–Crippen LogP) is 3.90. The van der Waals surface area contributed by atoms with Crippen LogP contribution in [0.25, 0.3) is 6.08 Å². The summed E-state index contributed by atoms with van der Waals surface area (Å²) in [7, 11) is 1.46. The molecule has 106 valence electrons. The third kappa shape index (κ3) is 2.89. The number of benzene rings is 2. The minimum absolute atomic E-state index is 0.0580. The second-order valence-corrected chi connectivity index (χ2v) is 5.33. The van der Waals surface area contributed by atoms with E-state index in [4.69, 9.17) is 4.74 Å². The summed E-state index contributed by atoms with van der Waals surface area (Å²) in [4.78, 5) is 11.9. The third-order valence-corrected chi connectivity index (χ3v) is 4.04. The van der Waals surface area contributed by atoms with Gasteiger partial charge >= 0.3 is 5.97 Å². The number of carbonyl (C=O) groups is 1. The molecule has 21 heavy (non-hydrogen) atoms. The zero-order chi connectivity index (χ0) is 14.7. The highest BCUT2D eigenvalue weighted by Crippen LogP contribution is 2.55. The molecule has 0 saturated heterocycles. The Labute approximate surface area is 125 Å². The van der Waals surface area contributed by atoms with Crippen LogP contribution in [-0.2, 0) is 9.53 Å². The van der Waals surface area contributed by atoms with Crippen LogP contribution in [0.1, 0.15) is 17.0 Å². The molecule has 2 aromatic carbocycles. The molecule has 0 spiro atoms. The molecule has 1 aliphatic rings. The third-order valence-electron chi connectivity index (χ3n) is 4.04. The highest BCUT2D eigenvalue weighted by Gasteiger charge is 2.54. The lowest BCUT2D eigenvalue weighted by molar-refractivity contribution is -0.142. The van der Waals surface area contributed by atoms with E-state index in [1.165, 1.54) is 12.7 Å². The Morgan fingerprint density at radius 1 is 1.00 bits per heavy atom. The fourth-order valence-corrected chi connectivity index (χ4v) is 2.90. The Bertz CT molecular complexity index is 631. The monoisotopic (exact) mass is 278 g/mol. The van der Waals surface area contributed by atoms with Crippen LogP contribution in [0.3, 0.4) is 0 Å². The van der Waals surface area contributed by atoms with Gasteiger partial charge in [0.15, 0.2) is 0 Å². The second kappa shape index (κ2) is 5.96. The van der Waals surface area contributed by atoms with Crippen LogP contribution >= 0.6 is 0 Å². The molecule has 1 saturated carbocycles. The fourth-order valence-electron chi connectivity index (χ4n) is 2.90. The van der Waals surface area contributed by atoms with E-state index in [1.54, 1.807) is 0 Å². The molecule has 0 radical (unpaired) electrons. The number of carbonyl (C=O) groups excluding carboxylic acids is 1. The lowest BCUT2D eigenvalue weighted by Crippen LogP contribution is -2.04. The number of methoxy groups -OCH3 is 1. The van der Waals surface area contributed by atoms with E-state index in [1.807, 2.05) is 36.4 Å². The van der Waals surface area contributed by atoms with Gasteiger partial charge in [-0.1, -0.05) is 72.8 Å². The van der Waals surface area contributed by atoms with Crippen LogP contribution in [0.15, 0.2) is 66.7 Å². The van der Waals surface area contributed by atoms with E-state index in [-0.39, 0.29) is 23.7 Å².